The van der Waals surface area contributed by atoms with Gasteiger partial charge in [-0.1, -0.05) is 30.3 Å². The maximum Gasteiger partial charge on any atom is 0.319 e. The largest absolute Gasteiger partial charge is 0.489 e. The van der Waals surface area contributed by atoms with Crippen LogP contribution in [0.2, 0.25) is 0 Å². The summed E-state index contributed by atoms with van der Waals surface area (Å²) < 4.78 is 7.54. The van der Waals surface area contributed by atoms with Gasteiger partial charge in [0.2, 0.25) is 0 Å². The minimum absolute atomic E-state index is 0.0390. The molecule has 3 aromatic rings. The Hall–Kier alpha value is -3.28. The van der Waals surface area contributed by atoms with Crippen LogP contribution in [0.15, 0.2) is 67.0 Å². The molecule has 2 amide bonds. The Morgan fingerprint density at radius 1 is 1.11 bits per heavy atom. The Morgan fingerprint density at radius 2 is 1.85 bits per heavy atom. The van der Waals surface area contributed by atoms with Crippen LogP contribution in [0, 0.1) is 0 Å². The van der Waals surface area contributed by atoms with Crippen molar-refractivity contribution in [3.05, 3.63) is 72.6 Å². The molecular formula is C21H24N4O2. The van der Waals surface area contributed by atoms with E-state index in [1.165, 1.54) is 0 Å². The molecule has 0 aliphatic rings. The SMILES string of the molecule is CC(C)Oc1ccccc1NC(=O)NCCc1cnn(-c2ccccc2)c1. The highest BCUT2D eigenvalue weighted by Gasteiger charge is 2.08. The van der Waals surface area contributed by atoms with Crippen molar-refractivity contribution in [3.8, 4) is 11.4 Å². The van der Waals surface area contributed by atoms with Crippen molar-refractivity contribution >= 4 is 11.7 Å². The van der Waals surface area contributed by atoms with Crippen molar-refractivity contribution in [2.45, 2.75) is 26.4 Å². The molecule has 0 aliphatic heterocycles. The Bertz CT molecular complexity index is 875. The summed E-state index contributed by atoms with van der Waals surface area (Å²) >= 11 is 0. The fourth-order valence-corrected chi connectivity index (χ4v) is 2.62. The Kier molecular flexibility index (Phi) is 6.10. The number of carbonyl (C=O) groups excluding carboxylic acids is 1. The standard InChI is InChI=1S/C21H24N4O2/c1-16(2)27-20-11-7-6-10-19(20)24-21(26)22-13-12-17-14-23-25(15-17)18-8-4-3-5-9-18/h3-11,14-16H,12-13H2,1-2H3,(H2,22,24,26). The fraction of sp³-hybridized carbons (Fsp3) is 0.238. The molecule has 1 heterocycles. The summed E-state index contributed by atoms with van der Waals surface area (Å²) in [4.78, 5) is 12.2. The second-order valence-corrected chi connectivity index (χ2v) is 6.42. The van der Waals surface area contributed by atoms with E-state index in [1.807, 2.05) is 85.5 Å². The predicted octanol–water partition coefficient (Wildman–Crippen LogP) is 4.02. The van der Waals surface area contributed by atoms with Crippen molar-refractivity contribution in [1.82, 2.24) is 15.1 Å². The fourth-order valence-electron chi connectivity index (χ4n) is 2.62. The summed E-state index contributed by atoms with van der Waals surface area (Å²) in [6.45, 7) is 4.42. The van der Waals surface area contributed by atoms with Crippen LogP contribution in [0.1, 0.15) is 19.4 Å². The molecule has 0 saturated carbocycles. The Labute approximate surface area is 159 Å². The van der Waals surface area contributed by atoms with Crippen molar-refractivity contribution in [1.29, 1.82) is 0 Å². The lowest BCUT2D eigenvalue weighted by atomic mass is 10.2. The Balaban J connectivity index is 1.50. The first-order chi connectivity index (χ1) is 13.1. The quantitative estimate of drug-likeness (QED) is 0.665. The molecule has 0 fully saturated rings. The van der Waals surface area contributed by atoms with Crippen molar-refractivity contribution < 1.29 is 9.53 Å². The van der Waals surface area contributed by atoms with Gasteiger partial charge in [0.1, 0.15) is 5.75 Å². The topological polar surface area (TPSA) is 68.2 Å². The number of rotatable bonds is 7. The maximum atomic E-state index is 12.2. The predicted molar refractivity (Wildman–Crippen MR) is 106 cm³/mol. The maximum absolute atomic E-state index is 12.2. The zero-order chi connectivity index (χ0) is 19.1. The van der Waals surface area contributed by atoms with E-state index in [4.69, 9.17) is 4.74 Å². The minimum Gasteiger partial charge on any atom is -0.489 e. The second-order valence-electron chi connectivity index (χ2n) is 6.42. The van der Waals surface area contributed by atoms with Gasteiger partial charge < -0.3 is 15.4 Å². The normalized spacial score (nSPS) is 10.6. The van der Waals surface area contributed by atoms with E-state index in [0.29, 0.717) is 24.4 Å². The molecule has 2 N–H and O–H groups in total. The van der Waals surface area contributed by atoms with Crippen LogP contribution < -0.4 is 15.4 Å². The first-order valence-corrected chi connectivity index (χ1v) is 9.01. The average Bonchev–Trinajstić information content (AvgIpc) is 3.13. The molecule has 0 spiro atoms. The molecule has 27 heavy (non-hydrogen) atoms. The van der Waals surface area contributed by atoms with E-state index >= 15 is 0 Å². The molecule has 1 aromatic heterocycles. The molecule has 0 radical (unpaired) electrons. The first-order valence-electron chi connectivity index (χ1n) is 9.01. The molecule has 6 nitrogen and oxygen atoms in total. The van der Waals surface area contributed by atoms with Crippen LogP contribution in [0.3, 0.4) is 0 Å². The first kappa shape index (κ1) is 18.5. The number of hydrogen-bond donors (Lipinski definition) is 2. The lowest BCUT2D eigenvalue weighted by Gasteiger charge is -2.15. The van der Waals surface area contributed by atoms with Gasteiger partial charge in [-0.15, -0.1) is 0 Å². The van der Waals surface area contributed by atoms with Gasteiger partial charge in [0.05, 0.1) is 23.7 Å². The van der Waals surface area contributed by atoms with Gasteiger partial charge in [0, 0.05) is 12.7 Å². The molecule has 6 heteroatoms. The molecule has 3 rings (SSSR count). The van der Waals surface area contributed by atoms with Crippen LogP contribution in [-0.4, -0.2) is 28.5 Å². The number of amides is 2. The highest BCUT2D eigenvalue weighted by molar-refractivity contribution is 5.90. The van der Waals surface area contributed by atoms with Gasteiger partial charge in [-0.25, -0.2) is 9.48 Å². The number of anilines is 1. The average molecular weight is 364 g/mol. The molecule has 140 valence electrons. The summed E-state index contributed by atoms with van der Waals surface area (Å²) in [6, 6.07) is 17.1. The summed E-state index contributed by atoms with van der Waals surface area (Å²) in [5, 5.41) is 10.1. The van der Waals surface area contributed by atoms with Gasteiger partial charge in [-0.2, -0.15) is 5.10 Å². The van der Waals surface area contributed by atoms with Crippen LogP contribution in [0.5, 0.6) is 5.75 Å². The van der Waals surface area contributed by atoms with E-state index < -0.39 is 0 Å². The summed E-state index contributed by atoms with van der Waals surface area (Å²) in [5.74, 6) is 0.659. The molecule has 0 atom stereocenters. The summed E-state index contributed by atoms with van der Waals surface area (Å²) in [7, 11) is 0. The number of ether oxygens (including phenoxy) is 1. The summed E-state index contributed by atoms with van der Waals surface area (Å²) in [5.41, 5.74) is 2.72. The molecular weight excluding hydrogens is 340 g/mol. The smallest absolute Gasteiger partial charge is 0.319 e. The van der Waals surface area contributed by atoms with E-state index in [9.17, 15) is 4.79 Å². The summed E-state index contributed by atoms with van der Waals surface area (Å²) in [6.07, 6.45) is 4.53. The van der Waals surface area contributed by atoms with Gasteiger partial charge in [-0.3, -0.25) is 0 Å². The lowest BCUT2D eigenvalue weighted by Crippen LogP contribution is -2.30. The van der Waals surface area contributed by atoms with Crippen molar-refractivity contribution in [2.24, 2.45) is 0 Å². The number of para-hydroxylation sites is 3. The van der Waals surface area contributed by atoms with Crippen LogP contribution in [-0.2, 0) is 6.42 Å². The van der Waals surface area contributed by atoms with E-state index in [1.54, 1.807) is 0 Å². The van der Waals surface area contributed by atoms with Crippen molar-refractivity contribution in [3.63, 3.8) is 0 Å². The molecule has 0 bridgehead atoms. The third-order valence-electron chi connectivity index (χ3n) is 3.85. The highest BCUT2D eigenvalue weighted by atomic mass is 16.5. The lowest BCUT2D eigenvalue weighted by molar-refractivity contribution is 0.241. The number of aromatic nitrogens is 2. The van der Waals surface area contributed by atoms with Crippen LogP contribution >= 0.6 is 0 Å². The van der Waals surface area contributed by atoms with Gasteiger partial charge in [-0.05, 0) is 50.1 Å². The third-order valence-corrected chi connectivity index (χ3v) is 3.85. The molecule has 2 aromatic carbocycles. The van der Waals surface area contributed by atoms with Crippen LogP contribution in [0.4, 0.5) is 10.5 Å². The number of benzene rings is 2. The number of hydrogen-bond acceptors (Lipinski definition) is 3. The zero-order valence-electron chi connectivity index (χ0n) is 15.6. The molecule has 0 aliphatic carbocycles. The monoisotopic (exact) mass is 364 g/mol. The second kappa shape index (κ2) is 8.89. The number of urea groups is 1. The molecule has 0 saturated heterocycles. The van der Waals surface area contributed by atoms with Gasteiger partial charge in [0.15, 0.2) is 0 Å². The number of carbonyl (C=O) groups is 1. The Morgan fingerprint density at radius 3 is 2.63 bits per heavy atom. The van der Waals surface area contributed by atoms with Crippen LogP contribution in [0.25, 0.3) is 5.69 Å². The number of nitrogens with zero attached hydrogens (tertiary/aromatic N) is 2. The molecule has 0 unspecified atom stereocenters. The van der Waals surface area contributed by atoms with Gasteiger partial charge >= 0.3 is 6.03 Å². The highest BCUT2D eigenvalue weighted by Crippen LogP contribution is 2.24. The van der Waals surface area contributed by atoms with E-state index in [0.717, 1.165) is 11.3 Å². The van der Waals surface area contributed by atoms with Crippen molar-refractivity contribution in [2.75, 3.05) is 11.9 Å². The van der Waals surface area contributed by atoms with E-state index in [-0.39, 0.29) is 12.1 Å². The zero-order valence-corrected chi connectivity index (χ0v) is 15.6. The van der Waals surface area contributed by atoms with Gasteiger partial charge in [0.25, 0.3) is 0 Å². The minimum atomic E-state index is -0.259. The third kappa shape index (κ3) is 5.34. The van der Waals surface area contributed by atoms with E-state index in [2.05, 4.69) is 15.7 Å². The number of nitrogens with one attached hydrogen (secondary N) is 2.